The van der Waals surface area contributed by atoms with Crippen LogP contribution in [-0.2, 0) is 0 Å². The van der Waals surface area contributed by atoms with Crippen LogP contribution in [0.4, 0.5) is 11.7 Å². The average Bonchev–Trinajstić information content (AvgIpc) is 2.79. The summed E-state index contributed by atoms with van der Waals surface area (Å²) in [5.74, 6) is 2.09. The highest BCUT2D eigenvalue weighted by Crippen LogP contribution is 2.28. The summed E-state index contributed by atoms with van der Waals surface area (Å²) in [6.45, 7) is 6.77. The topological polar surface area (TPSA) is 73.3 Å². The summed E-state index contributed by atoms with van der Waals surface area (Å²) in [6.07, 6.45) is 1.72. The van der Waals surface area contributed by atoms with Gasteiger partial charge in [-0.05, 0) is 31.2 Å². The SMILES string of the molecule is C=CCNc1oc(-c2ccc(OCC)cc2)nc1N. The number of nitrogens with one attached hydrogen (secondary N) is 1. The molecule has 1 aromatic carbocycles. The van der Waals surface area contributed by atoms with Gasteiger partial charge in [0.2, 0.25) is 11.8 Å². The Kier molecular flexibility index (Phi) is 4.07. The van der Waals surface area contributed by atoms with Gasteiger partial charge in [-0.2, -0.15) is 4.98 Å². The lowest BCUT2D eigenvalue weighted by Crippen LogP contribution is -1.99. The number of anilines is 2. The number of ether oxygens (including phenoxy) is 1. The summed E-state index contributed by atoms with van der Waals surface area (Å²) in [5.41, 5.74) is 6.62. The molecule has 0 bridgehead atoms. The standard InChI is InChI=1S/C14H17N3O2/c1-3-9-16-14-12(15)17-13(19-14)10-5-7-11(8-6-10)18-4-2/h3,5-8,16H,1,4,9,15H2,2H3. The van der Waals surface area contributed by atoms with E-state index in [2.05, 4.69) is 16.9 Å². The summed E-state index contributed by atoms with van der Waals surface area (Å²) >= 11 is 0. The van der Waals surface area contributed by atoms with E-state index in [0.29, 0.717) is 30.7 Å². The number of benzene rings is 1. The van der Waals surface area contributed by atoms with Crippen molar-refractivity contribution in [3.05, 3.63) is 36.9 Å². The molecule has 5 nitrogen and oxygen atoms in total. The Balaban J connectivity index is 2.19. The Morgan fingerprint density at radius 3 is 2.79 bits per heavy atom. The lowest BCUT2D eigenvalue weighted by Gasteiger charge is -2.02. The molecule has 0 fully saturated rings. The molecule has 5 heteroatoms. The molecule has 0 unspecified atom stereocenters. The Hall–Kier alpha value is -2.43. The molecule has 2 rings (SSSR count). The number of nitrogens with two attached hydrogens (primary N) is 1. The van der Waals surface area contributed by atoms with Gasteiger partial charge in [0.25, 0.3) is 0 Å². The van der Waals surface area contributed by atoms with Crippen LogP contribution in [0.3, 0.4) is 0 Å². The molecule has 0 aliphatic carbocycles. The van der Waals surface area contributed by atoms with Crippen LogP contribution in [0.1, 0.15) is 6.92 Å². The number of aromatic nitrogens is 1. The number of rotatable bonds is 6. The van der Waals surface area contributed by atoms with Crippen molar-refractivity contribution in [2.24, 2.45) is 0 Å². The quantitative estimate of drug-likeness (QED) is 0.780. The highest BCUT2D eigenvalue weighted by Gasteiger charge is 2.11. The predicted octanol–water partition coefficient (Wildman–Crippen LogP) is 2.92. The monoisotopic (exact) mass is 259 g/mol. The zero-order chi connectivity index (χ0) is 13.7. The smallest absolute Gasteiger partial charge is 0.238 e. The Morgan fingerprint density at radius 2 is 2.16 bits per heavy atom. The van der Waals surface area contributed by atoms with Crippen LogP contribution in [0.2, 0.25) is 0 Å². The zero-order valence-electron chi connectivity index (χ0n) is 10.8. The van der Waals surface area contributed by atoms with Crippen molar-refractivity contribution in [2.75, 3.05) is 24.2 Å². The molecule has 0 spiro atoms. The minimum atomic E-state index is 0.339. The number of hydrogen-bond acceptors (Lipinski definition) is 5. The van der Waals surface area contributed by atoms with Gasteiger partial charge < -0.3 is 20.2 Å². The van der Waals surface area contributed by atoms with Gasteiger partial charge in [-0.3, -0.25) is 0 Å². The molecule has 2 aromatic rings. The maximum absolute atomic E-state index is 5.77. The van der Waals surface area contributed by atoms with E-state index < -0.39 is 0 Å². The molecule has 0 atom stereocenters. The maximum atomic E-state index is 5.77. The van der Waals surface area contributed by atoms with Crippen LogP contribution in [0.5, 0.6) is 5.75 Å². The first-order valence-electron chi connectivity index (χ1n) is 6.09. The van der Waals surface area contributed by atoms with Gasteiger partial charge >= 0.3 is 0 Å². The molecule has 0 amide bonds. The van der Waals surface area contributed by atoms with Crippen molar-refractivity contribution in [1.29, 1.82) is 0 Å². The Morgan fingerprint density at radius 1 is 1.42 bits per heavy atom. The third-order valence-electron chi connectivity index (χ3n) is 2.47. The summed E-state index contributed by atoms with van der Waals surface area (Å²) in [5, 5.41) is 2.99. The first-order valence-corrected chi connectivity index (χ1v) is 6.09. The number of hydrogen-bond donors (Lipinski definition) is 2. The van der Waals surface area contributed by atoms with Crippen molar-refractivity contribution in [2.45, 2.75) is 6.92 Å². The maximum Gasteiger partial charge on any atom is 0.238 e. The lowest BCUT2D eigenvalue weighted by molar-refractivity contribution is 0.340. The van der Waals surface area contributed by atoms with Crippen LogP contribution < -0.4 is 15.8 Å². The van der Waals surface area contributed by atoms with E-state index >= 15 is 0 Å². The fourth-order valence-electron chi connectivity index (χ4n) is 1.61. The fraction of sp³-hybridized carbons (Fsp3) is 0.214. The lowest BCUT2D eigenvalue weighted by atomic mass is 10.2. The highest BCUT2D eigenvalue weighted by molar-refractivity contribution is 5.63. The van der Waals surface area contributed by atoms with Crippen LogP contribution >= 0.6 is 0 Å². The molecule has 1 heterocycles. The molecule has 0 aliphatic rings. The second-order valence-electron chi connectivity index (χ2n) is 3.86. The minimum absolute atomic E-state index is 0.339. The van der Waals surface area contributed by atoms with Gasteiger partial charge in [-0.1, -0.05) is 6.08 Å². The van der Waals surface area contributed by atoms with Gasteiger partial charge in [0, 0.05) is 12.1 Å². The molecule has 0 saturated carbocycles. The Bertz CT molecular complexity index is 546. The number of nitrogens with zero attached hydrogens (tertiary/aromatic N) is 1. The third-order valence-corrected chi connectivity index (χ3v) is 2.47. The van der Waals surface area contributed by atoms with E-state index in [0.717, 1.165) is 11.3 Å². The highest BCUT2D eigenvalue weighted by atomic mass is 16.5. The van der Waals surface area contributed by atoms with E-state index in [1.165, 1.54) is 0 Å². The molecule has 100 valence electrons. The molecular formula is C14H17N3O2. The fourth-order valence-corrected chi connectivity index (χ4v) is 1.61. The zero-order valence-corrected chi connectivity index (χ0v) is 10.8. The van der Waals surface area contributed by atoms with Gasteiger partial charge in [-0.25, -0.2) is 0 Å². The normalized spacial score (nSPS) is 10.2. The molecule has 19 heavy (non-hydrogen) atoms. The van der Waals surface area contributed by atoms with Gasteiger partial charge in [0.1, 0.15) is 5.75 Å². The summed E-state index contributed by atoms with van der Waals surface area (Å²) in [7, 11) is 0. The number of oxazole rings is 1. The molecule has 0 aliphatic heterocycles. The van der Waals surface area contributed by atoms with Crippen molar-refractivity contribution < 1.29 is 9.15 Å². The van der Waals surface area contributed by atoms with E-state index in [9.17, 15) is 0 Å². The van der Waals surface area contributed by atoms with E-state index in [4.69, 9.17) is 14.9 Å². The summed E-state index contributed by atoms with van der Waals surface area (Å²) in [4.78, 5) is 4.18. The first-order chi connectivity index (χ1) is 9.24. The van der Waals surface area contributed by atoms with Crippen molar-refractivity contribution in [3.63, 3.8) is 0 Å². The van der Waals surface area contributed by atoms with Crippen LogP contribution in [0, 0.1) is 0 Å². The van der Waals surface area contributed by atoms with E-state index in [1.807, 2.05) is 31.2 Å². The Labute approximate surface area is 112 Å². The minimum Gasteiger partial charge on any atom is -0.494 e. The van der Waals surface area contributed by atoms with Crippen LogP contribution in [0.25, 0.3) is 11.5 Å². The summed E-state index contributed by atoms with van der Waals surface area (Å²) in [6, 6.07) is 7.51. The van der Waals surface area contributed by atoms with E-state index in [1.54, 1.807) is 6.08 Å². The van der Waals surface area contributed by atoms with Crippen molar-refractivity contribution in [1.82, 2.24) is 4.98 Å². The molecule has 3 N–H and O–H groups in total. The van der Waals surface area contributed by atoms with Crippen molar-refractivity contribution in [3.8, 4) is 17.2 Å². The van der Waals surface area contributed by atoms with Crippen LogP contribution in [0.15, 0.2) is 41.3 Å². The average molecular weight is 259 g/mol. The predicted molar refractivity (Wildman–Crippen MR) is 76.2 cm³/mol. The first kappa shape index (κ1) is 13.0. The number of nitrogen functional groups attached to an aromatic ring is 1. The van der Waals surface area contributed by atoms with Gasteiger partial charge in [0.15, 0.2) is 5.82 Å². The summed E-state index contributed by atoms with van der Waals surface area (Å²) < 4.78 is 10.9. The second-order valence-corrected chi connectivity index (χ2v) is 3.86. The largest absolute Gasteiger partial charge is 0.494 e. The molecule has 0 saturated heterocycles. The molecule has 0 radical (unpaired) electrons. The second kappa shape index (κ2) is 5.95. The van der Waals surface area contributed by atoms with Crippen LogP contribution in [-0.4, -0.2) is 18.1 Å². The van der Waals surface area contributed by atoms with Gasteiger partial charge in [-0.15, -0.1) is 6.58 Å². The van der Waals surface area contributed by atoms with E-state index in [-0.39, 0.29) is 0 Å². The van der Waals surface area contributed by atoms with Gasteiger partial charge in [0.05, 0.1) is 6.61 Å². The van der Waals surface area contributed by atoms with Crippen molar-refractivity contribution >= 4 is 11.7 Å². The third kappa shape index (κ3) is 3.07. The molecule has 1 aromatic heterocycles. The molecular weight excluding hydrogens is 242 g/mol.